The number of nitrogens with one attached hydrogen (secondary N) is 1. The summed E-state index contributed by atoms with van der Waals surface area (Å²) < 4.78 is 10.4. The molecular formula is C26H26N4O5. The molecule has 2 aromatic carbocycles. The topological polar surface area (TPSA) is 131 Å². The number of benzene rings is 2. The number of hydrogen-bond donors (Lipinski definition) is 2. The van der Waals surface area contributed by atoms with Crippen LogP contribution in [0.2, 0.25) is 0 Å². The van der Waals surface area contributed by atoms with Gasteiger partial charge in [0.1, 0.15) is 18.1 Å². The third kappa shape index (κ3) is 5.63. The number of hydrogen-bond acceptors (Lipinski definition) is 8. The summed E-state index contributed by atoms with van der Waals surface area (Å²) in [6.45, 7) is 7.79. The van der Waals surface area contributed by atoms with Gasteiger partial charge in [0, 0.05) is 23.1 Å². The largest absolute Gasteiger partial charge is 0.507 e. The van der Waals surface area contributed by atoms with E-state index < -0.39 is 5.76 Å². The zero-order valence-corrected chi connectivity index (χ0v) is 20.0. The van der Waals surface area contributed by atoms with Crippen LogP contribution < -0.4 is 10.5 Å². The minimum atomic E-state index is -0.621. The summed E-state index contributed by atoms with van der Waals surface area (Å²) in [7, 11) is 0. The molecule has 9 nitrogen and oxygen atoms in total. The van der Waals surface area contributed by atoms with Gasteiger partial charge in [0.2, 0.25) is 0 Å². The Kier molecular flexibility index (Phi) is 6.50. The highest BCUT2D eigenvalue weighted by atomic mass is 16.5. The van der Waals surface area contributed by atoms with Gasteiger partial charge >= 0.3 is 5.76 Å². The minimum absolute atomic E-state index is 0.0634. The van der Waals surface area contributed by atoms with E-state index in [-0.39, 0.29) is 23.6 Å². The summed E-state index contributed by atoms with van der Waals surface area (Å²) in [6, 6.07) is 10.6. The average molecular weight is 475 g/mol. The van der Waals surface area contributed by atoms with E-state index in [4.69, 9.17) is 4.74 Å². The Bertz CT molecular complexity index is 1410. The van der Waals surface area contributed by atoms with Gasteiger partial charge in [0.25, 0.3) is 0 Å². The van der Waals surface area contributed by atoms with Crippen molar-refractivity contribution in [1.82, 2.24) is 20.1 Å². The Labute approximate surface area is 201 Å². The van der Waals surface area contributed by atoms with Crippen molar-refractivity contribution in [1.29, 1.82) is 0 Å². The van der Waals surface area contributed by atoms with E-state index in [1.807, 2.05) is 39.0 Å². The monoisotopic (exact) mass is 474 g/mol. The molecule has 0 aliphatic carbocycles. The quantitative estimate of drug-likeness (QED) is 0.369. The summed E-state index contributed by atoms with van der Waals surface area (Å²) in [5.41, 5.74) is 3.33. The predicted molar refractivity (Wildman–Crippen MR) is 129 cm³/mol. The lowest BCUT2D eigenvalue weighted by molar-refractivity contribution is 0.0937. The molecule has 0 saturated carbocycles. The van der Waals surface area contributed by atoms with Crippen LogP contribution in [0.4, 0.5) is 0 Å². The van der Waals surface area contributed by atoms with E-state index >= 15 is 0 Å². The van der Waals surface area contributed by atoms with Gasteiger partial charge in [-0.05, 0) is 30.5 Å². The molecule has 2 heterocycles. The molecule has 0 spiro atoms. The smallest absolute Gasteiger partial charge is 0.439 e. The van der Waals surface area contributed by atoms with E-state index in [9.17, 15) is 14.7 Å². The first kappa shape index (κ1) is 23.9. The van der Waals surface area contributed by atoms with Gasteiger partial charge in [-0.2, -0.15) is 0 Å². The molecule has 0 unspecified atom stereocenters. The van der Waals surface area contributed by atoms with Gasteiger partial charge in [-0.1, -0.05) is 44.1 Å². The summed E-state index contributed by atoms with van der Waals surface area (Å²) in [6.07, 6.45) is 3.57. The molecule has 0 fully saturated rings. The molecule has 9 heteroatoms. The van der Waals surface area contributed by atoms with Gasteiger partial charge in [-0.3, -0.25) is 24.3 Å². The zero-order chi connectivity index (χ0) is 25.2. The SMILES string of the molecule is Cc1c(OCc2cnc(-c3cccc(-c4noc(=O)[nH]4)c3)cn2)ccc(C(=O)CC(C)(C)C)c1O. The highest BCUT2D eigenvalue weighted by Gasteiger charge is 2.21. The van der Waals surface area contributed by atoms with Crippen LogP contribution in [0.25, 0.3) is 22.6 Å². The number of H-pyrrole nitrogens is 1. The van der Waals surface area contributed by atoms with Crippen molar-refractivity contribution in [2.45, 2.75) is 40.7 Å². The number of aromatic nitrogens is 4. The van der Waals surface area contributed by atoms with Crippen LogP contribution in [0, 0.1) is 12.3 Å². The second-order valence-corrected chi connectivity index (χ2v) is 9.45. The molecule has 0 amide bonds. The van der Waals surface area contributed by atoms with Crippen LogP contribution in [0.15, 0.2) is 58.1 Å². The van der Waals surface area contributed by atoms with Crippen LogP contribution in [-0.4, -0.2) is 31.0 Å². The fourth-order valence-electron chi connectivity index (χ4n) is 3.55. The van der Waals surface area contributed by atoms with Crippen molar-refractivity contribution in [2.75, 3.05) is 0 Å². The molecule has 180 valence electrons. The van der Waals surface area contributed by atoms with Gasteiger partial charge in [0.15, 0.2) is 11.6 Å². The second-order valence-electron chi connectivity index (χ2n) is 9.45. The molecular weight excluding hydrogens is 448 g/mol. The first-order chi connectivity index (χ1) is 16.6. The minimum Gasteiger partial charge on any atom is -0.507 e. The Morgan fingerprint density at radius 1 is 1.11 bits per heavy atom. The first-order valence-electron chi connectivity index (χ1n) is 11.1. The average Bonchev–Trinajstić information content (AvgIpc) is 3.25. The van der Waals surface area contributed by atoms with Crippen molar-refractivity contribution in [3.8, 4) is 34.1 Å². The Morgan fingerprint density at radius 3 is 2.54 bits per heavy atom. The van der Waals surface area contributed by atoms with Gasteiger partial charge in [-0.25, -0.2) is 4.79 Å². The lowest BCUT2D eigenvalue weighted by Crippen LogP contribution is -2.13. The Hall–Kier alpha value is -4.27. The van der Waals surface area contributed by atoms with Crippen LogP contribution in [0.5, 0.6) is 11.5 Å². The molecule has 0 saturated heterocycles. The third-order valence-electron chi connectivity index (χ3n) is 5.33. The molecule has 4 aromatic rings. The maximum Gasteiger partial charge on any atom is 0.439 e. The molecule has 0 atom stereocenters. The number of carbonyl (C=O) groups excluding carboxylic acids is 1. The number of phenols is 1. The number of rotatable bonds is 7. The molecule has 0 bridgehead atoms. The molecule has 0 aliphatic heterocycles. The van der Waals surface area contributed by atoms with Crippen LogP contribution >= 0.6 is 0 Å². The number of aromatic hydroxyl groups is 1. The third-order valence-corrected chi connectivity index (χ3v) is 5.33. The fourth-order valence-corrected chi connectivity index (χ4v) is 3.55. The number of nitrogens with zero attached hydrogens (tertiary/aromatic N) is 3. The number of Topliss-reactive ketones (excluding diaryl/α,β-unsaturated/α-hetero) is 1. The highest BCUT2D eigenvalue weighted by Crippen LogP contribution is 2.33. The van der Waals surface area contributed by atoms with Crippen molar-refractivity contribution < 1.29 is 19.2 Å². The van der Waals surface area contributed by atoms with Gasteiger partial charge in [-0.15, -0.1) is 0 Å². The van der Waals surface area contributed by atoms with Gasteiger partial charge < -0.3 is 9.84 Å². The van der Waals surface area contributed by atoms with Crippen LogP contribution in [-0.2, 0) is 6.61 Å². The predicted octanol–water partition coefficient (Wildman–Crippen LogP) is 4.70. The summed E-state index contributed by atoms with van der Waals surface area (Å²) >= 11 is 0. The standard InChI is InChI=1S/C26H26N4O5/c1-15-22(9-8-19(23(15)32)21(31)11-26(2,3)4)34-14-18-12-28-20(13-27-18)16-6-5-7-17(10-16)24-29-25(33)35-30-24/h5-10,12-13,32H,11,14H2,1-4H3,(H,29,30,33). The maximum absolute atomic E-state index is 12.5. The van der Waals surface area contributed by atoms with Crippen molar-refractivity contribution >= 4 is 5.78 Å². The Balaban J connectivity index is 1.45. The van der Waals surface area contributed by atoms with E-state index in [1.165, 1.54) is 0 Å². The number of ketones is 1. The summed E-state index contributed by atoms with van der Waals surface area (Å²) in [5, 5.41) is 14.3. The molecule has 35 heavy (non-hydrogen) atoms. The van der Waals surface area contributed by atoms with Crippen molar-refractivity contribution in [2.24, 2.45) is 5.41 Å². The van der Waals surface area contributed by atoms with Crippen molar-refractivity contribution in [3.05, 3.63) is 76.2 Å². The van der Waals surface area contributed by atoms with E-state index in [2.05, 4.69) is 24.6 Å². The second kappa shape index (κ2) is 9.54. The molecule has 2 N–H and O–H groups in total. The Morgan fingerprint density at radius 2 is 1.89 bits per heavy atom. The van der Waals surface area contributed by atoms with E-state index in [1.54, 1.807) is 37.5 Å². The van der Waals surface area contributed by atoms with Crippen LogP contribution in [0.1, 0.15) is 48.8 Å². The molecule has 4 rings (SSSR count). The van der Waals surface area contributed by atoms with Crippen molar-refractivity contribution in [3.63, 3.8) is 0 Å². The van der Waals surface area contributed by atoms with Gasteiger partial charge in [0.05, 0.1) is 29.3 Å². The van der Waals surface area contributed by atoms with E-state index in [0.717, 1.165) is 5.56 Å². The fraction of sp³-hybridized carbons (Fsp3) is 0.269. The summed E-state index contributed by atoms with van der Waals surface area (Å²) in [5.74, 6) is 0.00965. The molecule has 0 aliphatic rings. The van der Waals surface area contributed by atoms with Crippen LogP contribution in [0.3, 0.4) is 0 Å². The number of carbonyl (C=O) groups is 1. The number of aromatic amines is 1. The summed E-state index contributed by atoms with van der Waals surface area (Å²) in [4.78, 5) is 35.1. The lowest BCUT2D eigenvalue weighted by Gasteiger charge is -2.18. The first-order valence-corrected chi connectivity index (χ1v) is 11.1. The maximum atomic E-state index is 12.5. The highest BCUT2D eigenvalue weighted by molar-refractivity contribution is 5.99. The van der Waals surface area contributed by atoms with E-state index in [0.29, 0.717) is 46.1 Å². The molecule has 0 radical (unpaired) electrons. The normalized spacial score (nSPS) is 11.4. The number of phenolic OH excluding ortho intramolecular Hbond substituents is 1. The zero-order valence-electron chi connectivity index (χ0n) is 20.0. The lowest BCUT2D eigenvalue weighted by atomic mass is 9.87. The molecule has 2 aromatic heterocycles. The number of ether oxygens (including phenoxy) is 1.